The molecule has 1 fully saturated rings. The Morgan fingerprint density at radius 3 is 2.53 bits per heavy atom. The van der Waals surface area contributed by atoms with Crippen molar-refractivity contribution < 1.29 is 19.4 Å². The SMILES string of the molecule is C[C@@H]1Oc2ccccc2N(CC(=O)N2CCC([C@H](O)c3ccc(Cl)cc3)CC2)C1=O. The molecule has 0 spiro atoms. The minimum Gasteiger partial charge on any atom is -0.479 e. The molecule has 4 rings (SSSR count). The van der Waals surface area contributed by atoms with E-state index in [0.717, 1.165) is 5.56 Å². The summed E-state index contributed by atoms with van der Waals surface area (Å²) >= 11 is 5.93. The third-order valence-electron chi connectivity index (χ3n) is 5.92. The van der Waals surface area contributed by atoms with Crippen molar-refractivity contribution in [1.29, 1.82) is 0 Å². The summed E-state index contributed by atoms with van der Waals surface area (Å²) in [5, 5.41) is 11.3. The zero-order chi connectivity index (χ0) is 21.3. The van der Waals surface area contributed by atoms with E-state index in [1.807, 2.05) is 24.3 Å². The number of ether oxygens (including phenoxy) is 1. The number of rotatable bonds is 4. The molecule has 2 amide bonds. The van der Waals surface area contributed by atoms with Crippen molar-refractivity contribution >= 4 is 29.1 Å². The molecule has 2 aromatic carbocycles. The van der Waals surface area contributed by atoms with Crippen molar-refractivity contribution in [2.75, 3.05) is 24.5 Å². The first-order valence-electron chi connectivity index (χ1n) is 10.2. The van der Waals surface area contributed by atoms with Gasteiger partial charge in [-0.25, -0.2) is 0 Å². The fraction of sp³-hybridized carbons (Fsp3) is 0.391. The number of halogens is 1. The van der Waals surface area contributed by atoms with Gasteiger partial charge in [-0.3, -0.25) is 14.5 Å². The van der Waals surface area contributed by atoms with Crippen LogP contribution in [0.15, 0.2) is 48.5 Å². The first-order chi connectivity index (χ1) is 14.4. The lowest BCUT2D eigenvalue weighted by molar-refractivity contribution is -0.134. The van der Waals surface area contributed by atoms with Crippen molar-refractivity contribution in [2.24, 2.45) is 5.92 Å². The van der Waals surface area contributed by atoms with Gasteiger partial charge in [-0.2, -0.15) is 0 Å². The number of amides is 2. The summed E-state index contributed by atoms with van der Waals surface area (Å²) < 4.78 is 5.64. The number of likely N-dealkylation sites (tertiary alicyclic amines) is 1. The van der Waals surface area contributed by atoms with Crippen molar-refractivity contribution in [3.63, 3.8) is 0 Å². The van der Waals surface area contributed by atoms with Crippen LogP contribution in [0.25, 0.3) is 0 Å². The number of piperidine rings is 1. The molecule has 2 heterocycles. The summed E-state index contributed by atoms with van der Waals surface area (Å²) in [6, 6.07) is 14.5. The second-order valence-electron chi connectivity index (χ2n) is 7.87. The van der Waals surface area contributed by atoms with Gasteiger partial charge in [0.2, 0.25) is 5.91 Å². The van der Waals surface area contributed by atoms with E-state index in [9.17, 15) is 14.7 Å². The number of fused-ring (bicyclic) bond motifs is 1. The highest BCUT2D eigenvalue weighted by Gasteiger charge is 2.35. The number of anilines is 1. The molecule has 7 heteroatoms. The van der Waals surface area contributed by atoms with Crippen LogP contribution in [-0.4, -0.2) is 47.6 Å². The lowest BCUT2D eigenvalue weighted by Gasteiger charge is -2.37. The van der Waals surface area contributed by atoms with Crippen LogP contribution in [0.2, 0.25) is 5.02 Å². The van der Waals surface area contributed by atoms with Gasteiger partial charge in [0.25, 0.3) is 5.91 Å². The van der Waals surface area contributed by atoms with E-state index in [-0.39, 0.29) is 24.3 Å². The molecule has 2 aromatic rings. The molecule has 2 atom stereocenters. The summed E-state index contributed by atoms with van der Waals surface area (Å²) in [5.41, 5.74) is 1.47. The molecule has 0 saturated carbocycles. The molecule has 1 N–H and O–H groups in total. The molecule has 158 valence electrons. The van der Waals surface area contributed by atoms with Crippen molar-refractivity contribution in [3.8, 4) is 5.75 Å². The zero-order valence-electron chi connectivity index (χ0n) is 16.8. The Hall–Kier alpha value is -2.57. The molecule has 0 unspecified atom stereocenters. The van der Waals surface area contributed by atoms with Gasteiger partial charge in [0.05, 0.1) is 11.8 Å². The van der Waals surface area contributed by atoms with Gasteiger partial charge in [0, 0.05) is 18.1 Å². The van der Waals surface area contributed by atoms with Crippen molar-refractivity contribution in [2.45, 2.75) is 32.0 Å². The Morgan fingerprint density at radius 2 is 1.83 bits per heavy atom. The predicted molar refractivity (Wildman–Crippen MR) is 115 cm³/mol. The van der Waals surface area contributed by atoms with Crippen LogP contribution in [0.3, 0.4) is 0 Å². The number of hydrogen-bond donors (Lipinski definition) is 1. The Kier molecular flexibility index (Phi) is 5.97. The highest BCUT2D eigenvalue weighted by molar-refractivity contribution is 6.30. The molecule has 0 radical (unpaired) electrons. The molecular formula is C23H25ClN2O4. The van der Waals surface area contributed by atoms with E-state index < -0.39 is 12.2 Å². The highest BCUT2D eigenvalue weighted by atomic mass is 35.5. The fourth-order valence-corrected chi connectivity index (χ4v) is 4.28. The maximum Gasteiger partial charge on any atom is 0.268 e. The van der Waals surface area contributed by atoms with E-state index >= 15 is 0 Å². The van der Waals surface area contributed by atoms with Crippen LogP contribution < -0.4 is 9.64 Å². The first-order valence-corrected chi connectivity index (χ1v) is 10.6. The molecule has 6 nitrogen and oxygen atoms in total. The first kappa shape index (κ1) is 20.7. The van der Waals surface area contributed by atoms with Crippen molar-refractivity contribution in [3.05, 3.63) is 59.1 Å². The van der Waals surface area contributed by atoms with Crippen LogP contribution in [0, 0.1) is 5.92 Å². The van der Waals surface area contributed by atoms with E-state index in [2.05, 4.69) is 0 Å². The third kappa shape index (κ3) is 4.16. The number of benzene rings is 2. The van der Waals surface area contributed by atoms with Crippen LogP contribution in [0.1, 0.15) is 31.4 Å². The minimum atomic E-state index is -0.618. The Morgan fingerprint density at radius 1 is 1.17 bits per heavy atom. The lowest BCUT2D eigenvalue weighted by atomic mass is 9.87. The summed E-state index contributed by atoms with van der Waals surface area (Å²) in [5.74, 6) is 0.393. The van der Waals surface area contributed by atoms with E-state index in [1.165, 1.54) is 4.90 Å². The average Bonchev–Trinajstić information content (AvgIpc) is 2.77. The molecule has 2 aliphatic heterocycles. The number of carbonyl (C=O) groups is 2. The predicted octanol–water partition coefficient (Wildman–Crippen LogP) is 3.43. The van der Waals surface area contributed by atoms with Gasteiger partial charge >= 0.3 is 0 Å². The Balaban J connectivity index is 1.38. The molecule has 0 aliphatic carbocycles. The van der Waals surface area contributed by atoms with Crippen molar-refractivity contribution in [1.82, 2.24) is 4.90 Å². The molecule has 30 heavy (non-hydrogen) atoms. The highest BCUT2D eigenvalue weighted by Crippen LogP contribution is 2.34. The van der Waals surface area contributed by atoms with Gasteiger partial charge in [0.1, 0.15) is 12.3 Å². The summed E-state index contributed by atoms with van der Waals surface area (Å²) in [6.45, 7) is 2.81. The number of carbonyl (C=O) groups excluding carboxylic acids is 2. The van der Waals surface area contributed by atoms with Crippen LogP contribution in [0.5, 0.6) is 5.75 Å². The van der Waals surface area contributed by atoms with Gasteiger partial charge in [0.15, 0.2) is 6.10 Å². The lowest BCUT2D eigenvalue weighted by Crippen LogP contribution is -2.51. The van der Waals surface area contributed by atoms with Crippen LogP contribution in [-0.2, 0) is 9.59 Å². The quantitative estimate of drug-likeness (QED) is 0.810. The fourth-order valence-electron chi connectivity index (χ4n) is 4.15. The molecule has 1 saturated heterocycles. The Labute approximate surface area is 181 Å². The van der Waals surface area contributed by atoms with Gasteiger partial charge in [-0.1, -0.05) is 35.9 Å². The average molecular weight is 429 g/mol. The monoisotopic (exact) mass is 428 g/mol. The zero-order valence-corrected chi connectivity index (χ0v) is 17.6. The van der Waals surface area contributed by atoms with E-state index in [0.29, 0.717) is 42.4 Å². The second-order valence-corrected chi connectivity index (χ2v) is 8.30. The molecule has 0 aromatic heterocycles. The number of nitrogens with zero attached hydrogens (tertiary/aromatic N) is 2. The molecule has 0 bridgehead atoms. The van der Waals surface area contributed by atoms with E-state index in [4.69, 9.17) is 16.3 Å². The largest absolute Gasteiger partial charge is 0.479 e. The number of aliphatic hydroxyl groups excluding tert-OH is 1. The van der Waals surface area contributed by atoms with Gasteiger partial charge in [-0.15, -0.1) is 0 Å². The standard InChI is InChI=1S/C23H25ClN2O4/c1-15-23(29)26(19-4-2-3-5-20(19)30-15)14-21(27)25-12-10-17(11-13-25)22(28)16-6-8-18(24)9-7-16/h2-9,15,17,22,28H,10-14H2,1H3/t15-,22+/m0/s1. The summed E-state index contributed by atoms with van der Waals surface area (Å²) in [4.78, 5) is 28.8. The van der Waals surface area contributed by atoms with E-state index in [1.54, 1.807) is 36.1 Å². The maximum absolute atomic E-state index is 12.9. The summed E-state index contributed by atoms with van der Waals surface area (Å²) in [7, 11) is 0. The topological polar surface area (TPSA) is 70.1 Å². The molecular weight excluding hydrogens is 404 g/mol. The smallest absolute Gasteiger partial charge is 0.268 e. The number of para-hydroxylation sites is 2. The van der Waals surface area contributed by atoms with Gasteiger partial charge in [-0.05, 0) is 55.5 Å². The maximum atomic E-state index is 12.9. The number of hydrogen-bond acceptors (Lipinski definition) is 4. The van der Waals surface area contributed by atoms with Crippen LogP contribution in [0.4, 0.5) is 5.69 Å². The second kappa shape index (κ2) is 8.66. The third-order valence-corrected chi connectivity index (χ3v) is 6.17. The van der Waals surface area contributed by atoms with Gasteiger partial charge < -0.3 is 14.7 Å². The normalized spacial score (nSPS) is 20.5. The number of aliphatic hydroxyl groups is 1. The minimum absolute atomic E-state index is 0.00600. The Bertz CT molecular complexity index is 925. The van der Waals surface area contributed by atoms with Crippen LogP contribution >= 0.6 is 11.6 Å². The summed E-state index contributed by atoms with van der Waals surface area (Å²) in [6.07, 6.45) is 0.222. The molecule has 2 aliphatic rings.